The Morgan fingerprint density at radius 3 is 2.31 bits per heavy atom. The highest BCUT2D eigenvalue weighted by molar-refractivity contribution is 7.89. The average Bonchev–Trinajstić information content (AvgIpc) is 2.62. The van der Waals surface area contributed by atoms with Crippen LogP contribution in [0.1, 0.15) is 5.56 Å². The number of anilines is 1. The number of nitrogens with zero attached hydrogens (tertiary/aromatic N) is 2. The first-order valence-corrected chi connectivity index (χ1v) is 9.36. The molecule has 5 nitrogen and oxygen atoms in total. The number of fused-ring (bicyclic) bond motifs is 1. The van der Waals surface area contributed by atoms with Crippen molar-refractivity contribution >= 4 is 32.7 Å². The lowest BCUT2D eigenvalue weighted by atomic mass is 10.1. The standard InChI is InChI=1S/C19H18FN3O2S/c1-23(2)18-7-3-6-17-16(18)5-4-8-19(17)26(24,25)22-21-13-14-9-11-15(20)12-10-14/h3-13,22H,1-2H3/b21-13+/i20-1. The van der Waals surface area contributed by atoms with Crippen LogP contribution in [0.3, 0.4) is 0 Å². The highest BCUT2D eigenvalue weighted by Crippen LogP contribution is 2.30. The molecule has 3 aromatic rings. The molecule has 0 aromatic heterocycles. The van der Waals surface area contributed by atoms with Crippen molar-refractivity contribution in [1.29, 1.82) is 0 Å². The third kappa shape index (κ3) is 3.67. The fourth-order valence-electron chi connectivity index (χ4n) is 2.66. The second-order valence-electron chi connectivity index (χ2n) is 5.93. The van der Waals surface area contributed by atoms with E-state index in [0.717, 1.165) is 11.1 Å². The molecule has 1 N–H and O–H groups in total. The zero-order chi connectivity index (χ0) is 18.7. The van der Waals surface area contributed by atoms with Gasteiger partial charge in [-0.15, -0.1) is 0 Å². The summed E-state index contributed by atoms with van der Waals surface area (Å²) in [5, 5.41) is 5.24. The van der Waals surface area contributed by atoms with Crippen LogP contribution in [0.2, 0.25) is 0 Å². The van der Waals surface area contributed by atoms with Crippen molar-refractivity contribution in [2.24, 2.45) is 5.10 Å². The second kappa shape index (κ2) is 7.13. The van der Waals surface area contributed by atoms with Gasteiger partial charge in [0.25, 0.3) is 10.0 Å². The number of nitrogens with one attached hydrogen (secondary N) is 1. The maximum atomic E-state index is 12.9. The van der Waals surface area contributed by atoms with E-state index in [1.165, 1.54) is 36.5 Å². The van der Waals surface area contributed by atoms with Crippen molar-refractivity contribution in [2.75, 3.05) is 19.0 Å². The van der Waals surface area contributed by atoms with Crippen molar-refractivity contribution in [3.63, 3.8) is 0 Å². The summed E-state index contributed by atoms with van der Waals surface area (Å²) in [5.74, 6) is -0.366. The SMILES string of the molecule is CN(C)c1cccc2c(S(=O)(=O)N/N=C/c3ccc([18F])cc3)cccc12. The summed E-state index contributed by atoms with van der Waals surface area (Å²) in [6.07, 6.45) is 1.33. The minimum absolute atomic E-state index is 0.148. The van der Waals surface area contributed by atoms with E-state index in [1.54, 1.807) is 12.1 Å². The van der Waals surface area contributed by atoms with E-state index in [1.807, 2.05) is 37.2 Å². The molecule has 0 aliphatic rings. The maximum absolute atomic E-state index is 12.9. The first kappa shape index (κ1) is 17.9. The lowest BCUT2D eigenvalue weighted by molar-refractivity contribution is 0.585. The molecule has 0 spiro atoms. The molecule has 3 rings (SSSR count). The van der Waals surface area contributed by atoms with Gasteiger partial charge in [0, 0.05) is 30.6 Å². The summed E-state index contributed by atoms with van der Waals surface area (Å²) in [5.41, 5.74) is 1.51. The monoisotopic (exact) mass is 370 g/mol. The van der Waals surface area contributed by atoms with Gasteiger partial charge in [0.15, 0.2) is 0 Å². The summed E-state index contributed by atoms with van der Waals surface area (Å²) in [6, 6.07) is 16.2. The first-order valence-electron chi connectivity index (χ1n) is 7.88. The lowest BCUT2D eigenvalue weighted by Crippen LogP contribution is -2.19. The van der Waals surface area contributed by atoms with Crippen LogP contribution in [0.5, 0.6) is 0 Å². The van der Waals surface area contributed by atoms with Crippen LogP contribution in [0.25, 0.3) is 10.8 Å². The van der Waals surface area contributed by atoms with Gasteiger partial charge in [0.2, 0.25) is 0 Å². The molecule has 0 heterocycles. The molecule has 0 saturated heterocycles. The van der Waals surface area contributed by atoms with E-state index in [0.29, 0.717) is 10.9 Å². The molecule has 0 fully saturated rings. The average molecular weight is 370 g/mol. The van der Waals surface area contributed by atoms with Gasteiger partial charge < -0.3 is 4.90 Å². The minimum atomic E-state index is -3.85. The highest BCUT2D eigenvalue weighted by Gasteiger charge is 2.17. The Balaban J connectivity index is 1.94. The minimum Gasteiger partial charge on any atom is -0.377 e. The van der Waals surface area contributed by atoms with Gasteiger partial charge >= 0.3 is 0 Å². The molecule has 0 aliphatic carbocycles. The lowest BCUT2D eigenvalue weighted by Gasteiger charge is -2.16. The number of sulfonamides is 1. The second-order valence-corrected chi connectivity index (χ2v) is 7.56. The molecule has 0 radical (unpaired) electrons. The summed E-state index contributed by atoms with van der Waals surface area (Å²) in [7, 11) is -0.0403. The third-order valence-corrected chi connectivity index (χ3v) is 5.17. The van der Waals surface area contributed by atoms with Gasteiger partial charge in [-0.3, -0.25) is 0 Å². The van der Waals surface area contributed by atoms with E-state index < -0.39 is 10.0 Å². The van der Waals surface area contributed by atoms with Gasteiger partial charge in [-0.25, -0.2) is 9.22 Å². The first-order chi connectivity index (χ1) is 12.4. The molecule has 7 heteroatoms. The molecule has 134 valence electrons. The van der Waals surface area contributed by atoms with Crippen molar-refractivity contribution in [3.05, 3.63) is 72.0 Å². The molecular formula is C19H18FN3O2S. The zero-order valence-electron chi connectivity index (χ0n) is 14.3. The van der Waals surface area contributed by atoms with E-state index in [4.69, 9.17) is 0 Å². The van der Waals surface area contributed by atoms with E-state index in [2.05, 4.69) is 9.93 Å². The summed E-state index contributed by atoms with van der Waals surface area (Å²) in [4.78, 5) is 4.29. The smallest absolute Gasteiger partial charge is 0.277 e. The Morgan fingerprint density at radius 1 is 0.962 bits per heavy atom. The highest BCUT2D eigenvalue weighted by atomic mass is 32.2. The van der Waals surface area contributed by atoms with Crippen LogP contribution in [0, 0.1) is 5.82 Å². The van der Waals surface area contributed by atoms with E-state index in [9.17, 15) is 12.8 Å². The predicted molar refractivity (Wildman–Crippen MR) is 103 cm³/mol. The largest absolute Gasteiger partial charge is 0.377 e. The Bertz CT molecular complexity index is 1060. The molecule has 0 unspecified atom stereocenters. The molecule has 0 aliphatic heterocycles. The Labute approximate surface area is 151 Å². The molecule has 26 heavy (non-hydrogen) atoms. The fourth-order valence-corrected chi connectivity index (χ4v) is 3.67. The quantitative estimate of drug-likeness (QED) is 0.553. The molecule has 0 bridgehead atoms. The van der Waals surface area contributed by atoms with Crippen molar-refractivity contribution in [2.45, 2.75) is 4.90 Å². The van der Waals surface area contributed by atoms with Crippen LogP contribution in [-0.2, 0) is 10.0 Å². The van der Waals surface area contributed by atoms with Crippen molar-refractivity contribution in [3.8, 4) is 0 Å². The number of halogens is 1. The Kier molecular flexibility index (Phi) is 4.90. The van der Waals surface area contributed by atoms with Crippen LogP contribution in [0.4, 0.5) is 10.1 Å². The van der Waals surface area contributed by atoms with Gasteiger partial charge in [-0.05, 0) is 29.8 Å². The number of hydrogen-bond acceptors (Lipinski definition) is 4. The molecule has 0 amide bonds. The zero-order valence-corrected chi connectivity index (χ0v) is 15.2. The molecular weight excluding hydrogens is 352 g/mol. The summed E-state index contributed by atoms with van der Waals surface area (Å²) >= 11 is 0. The normalized spacial score (nSPS) is 11.8. The molecule has 0 atom stereocenters. The van der Waals surface area contributed by atoms with Crippen LogP contribution in [-0.4, -0.2) is 28.7 Å². The Hall–Kier alpha value is -2.93. The number of hydrazone groups is 1. The number of benzene rings is 3. The van der Waals surface area contributed by atoms with Gasteiger partial charge in [0.1, 0.15) is 5.82 Å². The number of hydrogen-bond donors (Lipinski definition) is 1. The van der Waals surface area contributed by atoms with Crippen LogP contribution >= 0.6 is 0 Å². The van der Waals surface area contributed by atoms with E-state index >= 15 is 0 Å². The number of rotatable bonds is 5. The molecule has 0 saturated carbocycles. The van der Waals surface area contributed by atoms with Crippen LogP contribution < -0.4 is 9.73 Å². The Morgan fingerprint density at radius 2 is 1.62 bits per heavy atom. The molecule has 3 aromatic carbocycles. The summed E-state index contributed by atoms with van der Waals surface area (Å²) < 4.78 is 38.2. The topological polar surface area (TPSA) is 61.8 Å². The predicted octanol–water partition coefficient (Wildman–Crippen LogP) is 3.36. The fraction of sp³-hybridized carbons (Fsp3) is 0.105. The third-order valence-electron chi connectivity index (χ3n) is 3.89. The van der Waals surface area contributed by atoms with Gasteiger partial charge in [-0.1, -0.05) is 36.4 Å². The maximum Gasteiger partial charge on any atom is 0.277 e. The van der Waals surface area contributed by atoms with Gasteiger partial charge in [0.05, 0.1) is 11.1 Å². The van der Waals surface area contributed by atoms with E-state index in [-0.39, 0.29) is 10.7 Å². The van der Waals surface area contributed by atoms with Crippen molar-refractivity contribution < 1.29 is 12.8 Å². The van der Waals surface area contributed by atoms with Crippen LogP contribution in [0.15, 0.2) is 70.7 Å². The summed E-state index contributed by atoms with van der Waals surface area (Å²) in [6.45, 7) is 0. The van der Waals surface area contributed by atoms with Gasteiger partial charge in [-0.2, -0.15) is 13.5 Å². The van der Waals surface area contributed by atoms with Crippen molar-refractivity contribution in [1.82, 2.24) is 4.83 Å².